The van der Waals surface area contributed by atoms with Crippen LogP contribution in [0.4, 0.5) is 5.69 Å². The molecular weight excluding hydrogens is 244 g/mol. The molecule has 0 unspecified atom stereocenters. The zero-order valence-electron chi connectivity index (χ0n) is 10.7. The number of carbonyl (C=O) groups is 1. The maximum atomic E-state index is 11.6. The summed E-state index contributed by atoms with van der Waals surface area (Å²) in [7, 11) is 0. The summed E-state index contributed by atoms with van der Waals surface area (Å²) in [5.74, 6) is -0.113. The van der Waals surface area contributed by atoms with E-state index < -0.39 is 0 Å². The van der Waals surface area contributed by atoms with Crippen LogP contribution in [0, 0.1) is 0 Å². The number of hydrogen-bond acceptors (Lipinski definition) is 4. The molecule has 0 bridgehead atoms. The van der Waals surface area contributed by atoms with Gasteiger partial charge in [0, 0.05) is 5.69 Å². The summed E-state index contributed by atoms with van der Waals surface area (Å²) in [5, 5.41) is 6.28. The molecule has 1 aromatic heterocycles. The lowest BCUT2D eigenvalue weighted by atomic mass is 10.2. The highest BCUT2D eigenvalue weighted by Crippen LogP contribution is 2.13. The van der Waals surface area contributed by atoms with E-state index in [1.54, 1.807) is 18.2 Å². The first-order valence-corrected chi connectivity index (χ1v) is 6.18. The molecule has 1 heterocycles. The molecule has 0 saturated carbocycles. The van der Waals surface area contributed by atoms with Gasteiger partial charge in [-0.1, -0.05) is 6.92 Å². The van der Waals surface area contributed by atoms with Crippen LogP contribution in [0.15, 0.2) is 29.3 Å². The first kappa shape index (κ1) is 13.2. The smallest absolute Gasteiger partial charge is 0.258 e. The number of nitrogens with zero attached hydrogens (tertiary/aromatic N) is 1. The van der Waals surface area contributed by atoms with Crippen LogP contribution in [0.2, 0.25) is 0 Å². The molecule has 0 fully saturated rings. The second-order valence-electron chi connectivity index (χ2n) is 4.19. The Hall–Kier alpha value is -2.21. The summed E-state index contributed by atoms with van der Waals surface area (Å²) in [6, 6.07) is 5.02. The van der Waals surface area contributed by atoms with Crippen LogP contribution in [0.1, 0.15) is 13.3 Å². The van der Waals surface area contributed by atoms with Gasteiger partial charge in [0.25, 0.3) is 5.56 Å². The largest absolute Gasteiger partial charge is 0.325 e. The number of rotatable bonds is 5. The van der Waals surface area contributed by atoms with E-state index in [-0.39, 0.29) is 18.0 Å². The van der Waals surface area contributed by atoms with Crippen LogP contribution >= 0.6 is 0 Å². The van der Waals surface area contributed by atoms with Crippen LogP contribution < -0.4 is 16.2 Å². The van der Waals surface area contributed by atoms with Crippen LogP contribution in [-0.2, 0) is 4.79 Å². The van der Waals surface area contributed by atoms with E-state index in [0.29, 0.717) is 16.6 Å². The Morgan fingerprint density at radius 1 is 1.42 bits per heavy atom. The van der Waals surface area contributed by atoms with Gasteiger partial charge >= 0.3 is 0 Å². The third-order valence-corrected chi connectivity index (χ3v) is 2.64. The van der Waals surface area contributed by atoms with Crippen molar-refractivity contribution in [1.29, 1.82) is 0 Å². The summed E-state index contributed by atoms with van der Waals surface area (Å²) in [6.07, 6.45) is 2.33. The number of benzene rings is 1. The minimum absolute atomic E-state index is 0.113. The van der Waals surface area contributed by atoms with E-state index in [9.17, 15) is 9.59 Å². The third kappa shape index (κ3) is 3.38. The molecule has 2 rings (SSSR count). The van der Waals surface area contributed by atoms with E-state index in [2.05, 4.69) is 20.6 Å². The quantitative estimate of drug-likeness (QED) is 0.696. The van der Waals surface area contributed by atoms with Crippen molar-refractivity contribution < 1.29 is 4.79 Å². The number of anilines is 1. The number of aromatic nitrogens is 2. The monoisotopic (exact) mass is 260 g/mol. The van der Waals surface area contributed by atoms with Gasteiger partial charge in [-0.2, -0.15) is 0 Å². The molecule has 1 aromatic carbocycles. The van der Waals surface area contributed by atoms with Crippen molar-refractivity contribution in [1.82, 2.24) is 15.3 Å². The zero-order chi connectivity index (χ0) is 13.7. The van der Waals surface area contributed by atoms with Gasteiger partial charge in [0.15, 0.2) is 0 Å². The van der Waals surface area contributed by atoms with Crippen molar-refractivity contribution in [3.05, 3.63) is 34.9 Å². The van der Waals surface area contributed by atoms with Crippen molar-refractivity contribution in [2.75, 3.05) is 18.4 Å². The van der Waals surface area contributed by atoms with E-state index in [0.717, 1.165) is 13.0 Å². The summed E-state index contributed by atoms with van der Waals surface area (Å²) >= 11 is 0. The first-order valence-electron chi connectivity index (χ1n) is 6.18. The molecule has 0 radical (unpaired) electrons. The van der Waals surface area contributed by atoms with Crippen molar-refractivity contribution in [2.45, 2.75) is 13.3 Å². The summed E-state index contributed by atoms with van der Waals surface area (Å²) in [6.45, 7) is 3.12. The summed E-state index contributed by atoms with van der Waals surface area (Å²) in [4.78, 5) is 29.7. The topological polar surface area (TPSA) is 86.9 Å². The maximum Gasteiger partial charge on any atom is 0.258 e. The van der Waals surface area contributed by atoms with Crippen molar-refractivity contribution >= 4 is 22.5 Å². The van der Waals surface area contributed by atoms with E-state index >= 15 is 0 Å². The Morgan fingerprint density at radius 2 is 2.26 bits per heavy atom. The molecule has 0 aliphatic carbocycles. The van der Waals surface area contributed by atoms with E-state index in [1.807, 2.05) is 6.92 Å². The second kappa shape index (κ2) is 6.10. The molecule has 0 saturated heterocycles. The molecule has 0 aliphatic rings. The van der Waals surface area contributed by atoms with E-state index in [1.165, 1.54) is 6.33 Å². The fraction of sp³-hybridized carbons (Fsp3) is 0.308. The van der Waals surface area contributed by atoms with Crippen LogP contribution in [0.25, 0.3) is 10.9 Å². The van der Waals surface area contributed by atoms with Gasteiger partial charge in [0.1, 0.15) is 0 Å². The molecule has 3 N–H and O–H groups in total. The second-order valence-corrected chi connectivity index (χ2v) is 4.19. The van der Waals surface area contributed by atoms with Crippen molar-refractivity contribution in [2.24, 2.45) is 0 Å². The van der Waals surface area contributed by atoms with Crippen molar-refractivity contribution in [3.63, 3.8) is 0 Å². The molecule has 2 aromatic rings. The molecule has 6 nitrogen and oxygen atoms in total. The van der Waals surface area contributed by atoms with Crippen LogP contribution in [-0.4, -0.2) is 29.0 Å². The summed E-state index contributed by atoms with van der Waals surface area (Å²) in [5.41, 5.74) is 1.00. The molecule has 6 heteroatoms. The Balaban J connectivity index is 2.09. The van der Waals surface area contributed by atoms with E-state index in [4.69, 9.17) is 0 Å². The number of fused-ring (bicyclic) bond motifs is 1. The normalized spacial score (nSPS) is 10.6. The van der Waals surface area contributed by atoms with Gasteiger partial charge in [-0.25, -0.2) is 4.98 Å². The number of aromatic amines is 1. The predicted molar refractivity (Wildman–Crippen MR) is 74.2 cm³/mol. The third-order valence-electron chi connectivity index (χ3n) is 2.64. The Kier molecular flexibility index (Phi) is 4.25. The number of nitrogens with one attached hydrogen (secondary N) is 3. The van der Waals surface area contributed by atoms with Gasteiger partial charge < -0.3 is 15.6 Å². The lowest BCUT2D eigenvalue weighted by Gasteiger charge is -2.06. The maximum absolute atomic E-state index is 11.6. The van der Waals surface area contributed by atoms with Gasteiger partial charge in [0.05, 0.1) is 23.8 Å². The SMILES string of the molecule is CCCNCC(=O)Nc1ccc2c(=O)[nH]cnc2c1. The molecule has 0 atom stereocenters. The number of amides is 1. The molecule has 0 aliphatic heterocycles. The molecule has 1 amide bonds. The molecule has 100 valence electrons. The highest BCUT2D eigenvalue weighted by Gasteiger charge is 2.04. The molecular formula is C13H16N4O2. The van der Waals surface area contributed by atoms with Gasteiger partial charge in [-0.05, 0) is 31.2 Å². The highest BCUT2D eigenvalue weighted by atomic mass is 16.2. The number of carbonyl (C=O) groups excluding carboxylic acids is 1. The predicted octanol–water partition coefficient (Wildman–Crippen LogP) is 0.861. The van der Waals surface area contributed by atoms with Crippen molar-refractivity contribution in [3.8, 4) is 0 Å². The lowest BCUT2D eigenvalue weighted by Crippen LogP contribution is -2.28. The van der Waals surface area contributed by atoms with Gasteiger partial charge in [-0.15, -0.1) is 0 Å². The van der Waals surface area contributed by atoms with Crippen LogP contribution in [0.3, 0.4) is 0 Å². The molecule has 0 spiro atoms. The highest BCUT2D eigenvalue weighted by molar-refractivity contribution is 5.94. The van der Waals surface area contributed by atoms with Crippen LogP contribution in [0.5, 0.6) is 0 Å². The molecule has 19 heavy (non-hydrogen) atoms. The fourth-order valence-corrected chi connectivity index (χ4v) is 1.73. The fourth-order valence-electron chi connectivity index (χ4n) is 1.73. The Labute approximate surface area is 110 Å². The van der Waals surface area contributed by atoms with Gasteiger partial charge in [0.2, 0.25) is 5.91 Å². The Morgan fingerprint density at radius 3 is 3.05 bits per heavy atom. The standard InChI is InChI=1S/C13H16N4O2/c1-2-5-14-7-12(18)17-9-3-4-10-11(6-9)15-8-16-13(10)19/h3-4,6,8,14H,2,5,7H2,1H3,(H,17,18)(H,15,16,19). The Bertz CT molecular complexity index is 636. The first-order chi connectivity index (χ1) is 9.20. The minimum atomic E-state index is -0.188. The number of H-pyrrole nitrogens is 1. The average Bonchev–Trinajstić information content (AvgIpc) is 2.39. The lowest BCUT2D eigenvalue weighted by molar-refractivity contribution is -0.115. The summed E-state index contributed by atoms with van der Waals surface area (Å²) < 4.78 is 0. The minimum Gasteiger partial charge on any atom is -0.325 e. The van der Waals surface area contributed by atoms with Gasteiger partial charge in [-0.3, -0.25) is 9.59 Å². The number of hydrogen-bond donors (Lipinski definition) is 3. The average molecular weight is 260 g/mol. The zero-order valence-corrected chi connectivity index (χ0v) is 10.7.